The van der Waals surface area contributed by atoms with E-state index in [0.29, 0.717) is 18.8 Å². The zero-order chi connectivity index (χ0) is 14.5. The fraction of sp³-hybridized carbons (Fsp3) is 0.500. The van der Waals surface area contributed by atoms with Crippen molar-refractivity contribution in [2.45, 2.75) is 32.5 Å². The van der Waals surface area contributed by atoms with Crippen molar-refractivity contribution in [2.75, 3.05) is 6.54 Å². The average molecular weight is 276 g/mol. The molecule has 1 amide bonds. The van der Waals surface area contributed by atoms with Gasteiger partial charge in [-0.3, -0.25) is 9.59 Å². The highest BCUT2D eigenvalue weighted by Crippen LogP contribution is 2.27. The highest BCUT2D eigenvalue weighted by atomic mass is 19.4. The zero-order valence-electron chi connectivity index (χ0n) is 10.5. The highest BCUT2D eigenvalue weighted by molar-refractivity contribution is 5.75. The summed E-state index contributed by atoms with van der Waals surface area (Å²) in [4.78, 5) is 22.8. The van der Waals surface area contributed by atoms with E-state index in [9.17, 15) is 22.8 Å². The van der Waals surface area contributed by atoms with Crippen molar-refractivity contribution in [3.8, 4) is 0 Å². The lowest BCUT2D eigenvalue weighted by atomic mass is 10.2. The Morgan fingerprint density at radius 2 is 2.05 bits per heavy atom. The molecule has 1 rings (SSSR count). The maximum atomic E-state index is 12.5. The summed E-state index contributed by atoms with van der Waals surface area (Å²) in [5.41, 5.74) is -1.59. The number of nitrogens with zero attached hydrogens (tertiary/aromatic N) is 1. The minimum Gasteiger partial charge on any atom is -0.355 e. The molecule has 0 fully saturated rings. The summed E-state index contributed by atoms with van der Waals surface area (Å²) in [5, 5.41) is 2.54. The largest absolute Gasteiger partial charge is 0.417 e. The van der Waals surface area contributed by atoms with Gasteiger partial charge in [0.2, 0.25) is 5.91 Å². The molecule has 0 saturated heterocycles. The molecule has 0 aliphatic heterocycles. The first kappa shape index (κ1) is 15.3. The number of nitrogens with one attached hydrogen (secondary N) is 1. The van der Waals surface area contributed by atoms with Crippen molar-refractivity contribution in [2.24, 2.45) is 0 Å². The summed E-state index contributed by atoms with van der Waals surface area (Å²) in [7, 11) is 0. The Morgan fingerprint density at radius 3 is 2.63 bits per heavy atom. The van der Waals surface area contributed by atoms with Gasteiger partial charge in [0.15, 0.2) is 0 Å². The first-order chi connectivity index (χ1) is 8.84. The normalized spacial score (nSPS) is 11.4. The lowest BCUT2D eigenvalue weighted by Gasteiger charge is -2.10. The van der Waals surface area contributed by atoms with Gasteiger partial charge in [-0.1, -0.05) is 13.3 Å². The van der Waals surface area contributed by atoms with Crippen molar-refractivity contribution in [3.63, 3.8) is 0 Å². The molecule has 0 saturated carbocycles. The number of carbonyl (C=O) groups excluding carboxylic acids is 1. The molecule has 1 aromatic heterocycles. The Bertz CT molecular complexity index is 494. The Labute approximate surface area is 108 Å². The number of hydrogen-bond donors (Lipinski definition) is 1. The number of amides is 1. The predicted molar refractivity (Wildman–Crippen MR) is 63.6 cm³/mol. The quantitative estimate of drug-likeness (QED) is 0.833. The summed E-state index contributed by atoms with van der Waals surface area (Å²) in [5.74, 6) is -0.477. The van der Waals surface area contributed by atoms with E-state index in [4.69, 9.17) is 0 Å². The van der Waals surface area contributed by atoms with E-state index >= 15 is 0 Å². The molecule has 1 aromatic rings. The van der Waals surface area contributed by atoms with Gasteiger partial charge in [0.05, 0.1) is 5.56 Å². The van der Waals surface area contributed by atoms with Crippen molar-refractivity contribution >= 4 is 5.91 Å². The molecule has 19 heavy (non-hydrogen) atoms. The van der Waals surface area contributed by atoms with Gasteiger partial charge in [-0.2, -0.15) is 13.2 Å². The SMILES string of the molecule is CCCCNC(=O)Cn1cc(C(F)(F)F)ccc1=O. The first-order valence-corrected chi connectivity index (χ1v) is 5.89. The van der Waals surface area contributed by atoms with Crippen LogP contribution < -0.4 is 10.9 Å². The summed E-state index contributed by atoms with van der Waals surface area (Å²) in [6.45, 7) is 1.99. The fourth-order valence-corrected chi connectivity index (χ4v) is 1.44. The second-order valence-electron chi connectivity index (χ2n) is 4.09. The van der Waals surface area contributed by atoms with Crippen LogP contribution in [-0.2, 0) is 17.5 Å². The molecule has 0 spiro atoms. The molecule has 0 aliphatic carbocycles. The zero-order valence-corrected chi connectivity index (χ0v) is 10.5. The van der Waals surface area contributed by atoms with Crippen LogP contribution in [-0.4, -0.2) is 17.0 Å². The standard InChI is InChI=1S/C12H15F3N2O2/c1-2-3-6-16-10(18)8-17-7-9(12(13,14)15)4-5-11(17)19/h4-5,7H,2-3,6,8H2,1H3,(H,16,18). The minimum absolute atomic E-state index is 0.410. The van der Waals surface area contributed by atoms with Crippen LogP contribution in [0.5, 0.6) is 0 Å². The lowest BCUT2D eigenvalue weighted by molar-refractivity contribution is -0.138. The number of carbonyl (C=O) groups is 1. The van der Waals surface area contributed by atoms with Crippen molar-refractivity contribution in [1.82, 2.24) is 9.88 Å². The van der Waals surface area contributed by atoms with E-state index in [1.807, 2.05) is 6.92 Å². The number of rotatable bonds is 5. The molecule has 0 bridgehead atoms. The van der Waals surface area contributed by atoms with E-state index in [1.54, 1.807) is 0 Å². The molecule has 0 unspecified atom stereocenters. The van der Waals surface area contributed by atoms with Gasteiger partial charge in [-0.05, 0) is 12.5 Å². The maximum Gasteiger partial charge on any atom is 0.417 e. The third kappa shape index (κ3) is 4.76. The van der Waals surface area contributed by atoms with E-state index in [0.717, 1.165) is 23.5 Å². The lowest BCUT2D eigenvalue weighted by Crippen LogP contribution is -2.33. The Kier molecular flexibility index (Phi) is 5.14. The van der Waals surface area contributed by atoms with Gasteiger partial charge in [-0.15, -0.1) is 0 Å². The summed E-state index contributed by atoms with van der Waals surface area (Å²) in [6, 6.07) is 1.51. The van der Waals surface area contributed by atoms with Gasteiger partial charge < -0.3 is 9.88 Å². The van der Waals surface area contributed by atoms with Crippen LogP contribution in [0.15, 0.2) is 23.1 Å². The molecule has 1 N–H and O–H groups in total. The van der Waals surface area contributed by atoms with Crippen LogP contribution in [0.4, 0.5) is 13.2 Å². The predicted octanol–water partition coefficient (Wildman–Crippen LogP) is 1.78. The monoisotopic (exact) mass is 276 g/mol. The molecule has 0 atom stereocenters. The number of halogens is 3. The first-order valence-electron chi connectivity index (χ1n) is 5.89. The minimum atomic E-state index is -4.53. The second kappa shape index (κ2) is 6.40. The smallest absolute Gasteiger partial charge is 0.355 e. The highest BCUT2D eigenvalue weighted by Gasteiger charge is 2.31. The molecular weight excluding hydrogens is 261 g/mol. The van der Waals surface area contributed by atoms with Gasteiger partial charge in [-0.25, -0.2) is 0 Å². The number of aromatic nitrogens is 1. The van der Waals surface area contributed by atoms with Crippen LogP contribution >= 0.6 is 0 Å². The summed E-state index contributed by atoms with van der Waals surface area (Å²) >= 11 is 0. The van der Waals surface area contributed by atoms with Crippen LogP contribution in [0.2, 0.25) is 0 Å². The Hall–Kier alpha value is -1.79. The molecule has 4 nitrogen and oxygen atoms in total. The summed E-state index contributed by atoms with van der Waals surface area (Å²) in [6.07, 6.45) is -2.21. The van der Waals surface area contributed by atoms with E-state index in [-0.39, 0.29) is 0 Å². The van der Waals surface area contributed by atoms with Crippen LogP contribution in [0.25, 0.3) is 0 Å². The van der Waals surface area contributed by atoms with Gasteiger partial charge >= 0.3 is 6.18 Å². The van der Waals surface area contributed by atoms with Crippen molar-refractivity contribution < 1.29 is 18.0 Å². The van der Waals surface area contributed by atoms with Crippen molar-refractivity contribution in [3.05, 3.63) is 34.2 Å². The van der Waals surface area contributed by atoms with Gasteiger partial charge in [0, 0.05) is 18.8 Å². The molecule has 0 radical (unpaired) electrons. The molecule has 0 aliphatic rings. The third-order valence-corrected chi connectivity index (χ3v) is 2.48. The number of pyridine rings is 1. The number of alkyl halides is 3. The molecule has 7 heteroatoms. The van der Waals surface area contributed by atoms with E-state index < -0.39 is 29.8 Å². The average Bonchev–Trinajstić information content (AvgIpc) is 2.31. The van der Waals surface area contributed by atoms with Gasteiger partial charge in [0.25, 0.3) is 5.56 Å². The van der Waals surface area contributed by atoms with E-state index in [1.165, 1.54) is 0 Å². The Balaban J connectivity index is 2.78. The van der Waals surface area contributed by atoms with Gasteiger partial charge in [0.1, 0.15) is 6.54 Å². The summed E-state index contributed by atoms with van der Waals surface area (Å²) < 4.78 is 38.2. The molecule has 1 heterocycles. The molecule has 106 valence electrons. The van der Waals surface area contributed by atoms with Crippen LogP contribution in [0.1, 0.15) is 25.3 Å². The van der Waals surface area contributed by atoms with Crippen LogP contribution in [0, 0.1) is 0 Å². The Morgan fingerprint density at radius 1 is 1.37 bits per heavy atom. The molecular formula is C12H15F3N2O2. The molecule has 0 aromatic carbocycles. The number of unbranched alkanes of at least 4 members (excludes halogenated alkanes) is 1. The maximum absolute atomic E-state index is 12.5. The van der Waals surface area contributed by atoms with E-state index in [2.05, 4.69) is 5.32 Å². The fourth-order valence-electron chi connectivity index (χ4n) is 1.44. The van der Waals surface area contributed by atoms with Crippen LogP contribution in [0.3, 0.4) is 0 Å². The second-order valence-corrected chi connectivity index (χ2v) is 4.09. The third-order valence-electron chi connectivity index (χ3n) is 2.48. The van der Waals surface area contributed by atoms with Crippen molar-refractivity contribution in [1.29, 1.82) is 0 Å². The number of hydrogen-bond acceptors (Lipinski definition) is 2. The topological polar surface area (TPSA) is 51.1 Å².